The van der Waals surface area contributed by atoms with Gasteiger partial charge in [-0.25, -0.2) is 8.42 Å². The third-order valence-corrected chi connectivity index (χ3v) is 7.43. The fourth-order valence-electron chi connectivity index (χ4n) is 3.95. The van der Waals surface area contributed by atoms with Crippen molar-refractivity contribution in [3.63, 3.8) is 0 Å². The van der Waals surface area contributed by atoms with Gasteiger partial charge in [0.2, 0.25) is 10.0 Å². The minimum atomic E-state index is -3.40. The van der Waals surface area contributed by atoms with Crippen molar-refractivity contribution in [3.8, 4) is 0 Å². The molecule has 0 spiro atoms. The highest BCUT2D eigenvalue weighted by molar-refractivity contribution is 7.89. The largest absolute Gasteiger partial charge is 0.481 e. The molecule has 1 heterocycles. The van der Waals surface area contributed by atoms with E-state index in [2.05, 4.69) is 12.1 Å². The van der Waals surface area contributed by atoms with Gasteiger partial charge in [0.05, 0.1) is 11.7 Å². The number of rotatable bonds is 5. The molecule has 6 heteroatoms. The lowest BCUT2D eigenvalue weighted by molar-refractivity contribution is -0.143. The standard InChI is InChI=1S/C18H25NO4S/c1-13-6-7-17(18(20)21)12-19(13)24(22,23)9-8-14-10-15-4-2-3-5-16(15)11-14/h2-5,13-14,17H,6-12H2,1H3,(H,20,21). The zero-order valence-corrected chi connectivity index (χ0v) is 14.8. The SMILES string of the molecule is CC1CCC(C(=O)O)CN1S(=O)(=O)CCC1Cc2ccccc2C1. The van der Waals surface area contributed by atoms with E-state index in [1.807, 2.05) is 19.1 Å². The van der Waals surface area contributed by atoms with Crippen LogP contribution in [0.4, 0.5) is 0 Å². The molecule has 3 rings (SSSR count). The molecule has 132 valence electrons. The van der Waals surface area contributed by atoms with Crippen LogP contribution in [0.3, 0.4) is 0 Å². The van der Waals surface area contributed by atoms with Crippen LogP contribution >= 0.6 is 0 Å². The van der Waals surface area contributed by atoms with Gasteiger partial charge < -0.3 is 5.11 Å². The summed E-state index contributed by atoms with van der Waals surface area (Å²) in [5, 5.41) is 9.19. The second-order valence-electron chi connectivity index (χ2n) is 7.18. The Morgan fingerprint density at radius 1 is 1.21 bits per heavy atom. The Hall–Kier alpha value is -1.40. The molecule has 1 saturated heterocycles. The van der Waals surface area contributed by atoms with E-state index < -0.39 is 21.9 Å². The Kier molecular flexibility index (Phi) is 4.97. The average molecular weight is 351 g/mol. The molecule has 1 fully saturated rings. The molecule has 0 radical (unpaired) electrons. The van der Waals surface area contributed by atoms with Crippen molar-refractivity contribution in [2.45, 2.75) is 45.1 Å². The molecule has 1 aliphatic heterocycles. The van der Waals surface area contributed by atoms with Gasteiger partial charge in [-0.2, -0.15) is 4.31 Å². The topological polar surface area (TPSA) is 74.7 Å². The quantitative estimate of drug-likeness (QED) is 0.883. The summed E-state index contributed by atoms with van der Waals surface area (Å²) in [6.07, 6.45) is 3.70. The second-order valence-corrected chi connectivity index (χ2v) is 9.22. The monoisotopic (exact) mass is 351 g/mol. The fraction of sp³-hybridized carbons (Fsp3) is 0.611. The van der Waals surface area contributed by atoms with E-state index >= 15 is 0 Å². The predicted octanol–water partition coefficient (Wildman–Crippen LogP) is 2.31. The Balaban J connectivity index is 1.61. The highest BCUT2D eigenvalue weighted by atomic mass is 32.2. The highest BCUT2D eigenvalue weighted by Crippen LogP contribution is 2.30. The van der Waals surface area contributed by atoms with Crippen LogP contribution < -0.4 is 0 Å². The molecule has 2 unspecified atom stereocenters. The Morgan fingerprint density at radius 3 is 2.42 bits per heavy atom. The normalized spacial score (nSPS) is 25.5. The minimum absolute atomic E-state index is 0.105. The minimum Gasteiger partial charge on any atom is -0.481 e. The van der Waals surface area contributed by atoms with Crippen LogP contribution in [0.5, 0.6) is 0 Å². The molecule has 2 aliphatic rings. The molecule has 24 heavy (non-hydrogen) atoms. The molecule has 5 nitrogen and oxygen atoms in total. The van der Waals surface area contributed by atoms with Gasteiger partial charge in [0.15, 0.2) is 0 Å². The summed E-state index contributed by atoms with van der Waals surface area (Å²) < 4.78 is 26.9. The molecule has 0 aromatic heterocycles. The first-order chi connectivity index (χ1) is 11.4. The third kappa shape index (κ3) is 3.64. The number of benzene rings is 1. The number of fused-ring (bicyclic) bond motifs is 1. The van der Waals surface area contributed by atoms with E-state index in [0.717, 1.165) is 12.8 Å². The predicted molar refractivity (Wildman–Crippen MR) is 92.3 cm³/mol. The van der Waals surface area contributed by atoms with E-state index in [-0.39, 0.29) is 18.3 Å². The van der Waals surface area contributed by atoms with Gasteiger partial charge in [-0.1, -0.05) is 24.3 Å². The summed E-state index contributed by atoms with van der Waals surface area (Å²) in [6, 6.07) is 8.19. The lowest BCUT2D eigenvalue weighted by atomic mass is 9.96. The number of hydrogen-bond donors (Lipinski definition) is 1. The van der Waals surface area contributed by atoms with E-state index in [1.165, 1.54) is 15.4 Å². The van der Waals surface area contributed by atoms with Crippen molar-refractivity contribution in [2.75, 3.05) is 12.3 Å². The molecule has 1 aromatic rings. The van der Waals surface area contributed by atoms with E-state index in [0.29, 0.717) is 25.2 Å². The molecule has 0 bridgehead atoms. The summed E-state index contributed by atoms with van der Waals surface area (Å²) in [4.78, 5) is 11.2. The number of carboxylic acid groups (broad SMARTS) is 1. The van der Waals surface area contributed by atoms with Crippen LogP contribution in [-0.2, 0) is 27.7 Å². The Labute approximate surface area is 143 Å². The number of aliphatic carboxylic acids is 1. The van der Waals surface area contributed by atoms with Crippen molar-refractivity contribution >= 4 is 16.0 Å². The third-order valence-electron chi connectivity index (χ3n) is 5.45. The number of carbonyl (C=O) groups is 1. The van der Waals surface area contributed by atoms with Crippen molar-refractivity contribution in [2.24, 2.45) is 11.8 Å². The number of sulfonamides is 1. The molecule has 1 aromatic carbocycles. The summed E-state index contributed by atoms with van der Waals surface area (Å²) in [6.45, 7) is 1.99. The van der Waals surface area contributed by atoms with Gasteiger partial charge in [0, 0.05) is 12.6 Å². The first-order valence-electron chi connectivity index (χ1n) is 8.66. The smallest absolute Gasteiger partial charge is 0.307 e. The molecule has 1 aliphatic carbocycles. The van der Waals surface area contributed by atoms with Crippen molar-refractivity contribution in [1.82, 2.24) is 4.31 Å². The number of piperidine rings is 1. The van der Waals surface area contributed by atoms with Gasteiger partial charge in [-0.3, -0.25) is 4.79 Å². The number of nitrogens with zero attached hydrogens (tertiary/aromatic N) is 1. The molecule has 1 N–H and O–H groups in total. The lowest BCUT2D eigenvalue weighted by Crippen LogP contribution is -2.48. The molecule has 0 amide bonds. The zero-order chi connectivity index (χ0) is 17.3. The maximum Gasteiger partial charge on any atom is 0.307 e. The number of hydrogen-bond acceptors (Lipinski definition) is 3. The van der Waals surface area contributed by atoms with Gasteiger partial charge in [-0.05, 0) is 56.1 Å². The van der Waals surface area contributed by atoms with Crippen molar-refractivity contribution < 1.29 is 18.3 Å². The molecule has 0 saturated carbocycles. The summed E-state index contributed by atoms with van der Waals surface area (Å²) in [5.41, 5.74) is 2.66. The van der Waals surface area contributed by atoms with Crippen molar-refractivity contribution in [3.05, 3.63) is 35.4 Å². The maximum absolute atomic E-state index is 12.7. The molecular weight excluding hydrogens is 326 g/mol. The number of carboxylic acids is 1. The van der Waals surface area contributed by atoms with Crippen molar-refractivity contribution in [1.29, 1.82) is 0 Å². The Bertz CT molecular complexity index is 690. The summed E-state index contributed by atoms with van der Waals surface area (Å²) >= 11 is 0. The van der Waals surface area contributed by atoms with E-state index in [4.69, 9.17) is 0 Å². The van der Waals surface area contributed by atoms with Crippen LogP contribution in [-0.4, -0.2) is 42.1 Å². The first kappa shape index (κ1) is 17.4. The first-order valence-corrected chi connectivity index (χ1v) is 10.3. The van der Waals surface area contributed by atoms with Crippen LogP contribution in [0.1, 0.15) is 37.3 Å². The van der Waals surface area contributed by atoms with E-state index in [1.54, 1.807) is 0 Å². The lowest BCUT2D eigenvalue weighted by Gasteiger charge is -2.35. The fourth-order valence-corrected chi connectivity index (χ4v) is 5.88. The van der Waals surface area contributed by atoms with E-state index in [9.17, 15) is 18.3 Å². The van der Waals surface area contributed by atoms with Crippen LogP contribution in [0.15, 0.2) is 24.3 Å². The summed E-state index contributed by atoms with van der Waals surface area (Å²) in [5.74, 6) is -0.991. The highest BCUT2D eigenvalue weighted by Gasteiger charge is 2.36. The average Bonchev–Trinajstić information content (AvgIpc) is 2.96. The zero-order valence-electron chi connectivity index (χ0n) is 14.0. The van der Waals surface area contributed by atoms with Gasteiger partial charge in [0.1, 0.15) is 0 Å². The molecule has 2 atom stereocenters. The van der Waals surface area contributed by atoms with Gasteiger partial charge >= 0.3 is 5.97 Å². The van der Waals surface area contributed by atoms with Crippen LogP contribution in [0.2, 0.25) is 0 Å². The van der Waals surface area contributed by atoms with Crippen LogP contribution in [0.25, 0.3) is 0 Å². The summed E-state index contributed by atoms with van der Waals surface area (Å²) in [7, 11) is -3.40. The molecular formula is C18H25NO4S. The van der Waals surface area contributed by atoms with Gasteiger partial charge in [0.25, 0.3) is 0 Å². The second kappa shape index (κ2) is 6.84. The Morgan fingerprint density at radius 2 is 1.83 bits per heavy atom. The van der Waals surface area contributed by atoms with Gasteiger partial charge in [-0.15, -0.1) is 0 Å². The van der Waals surface area contributed by atoms with Crippen LogP contribution in [0, 0.1) is 11.8 Å². The maximum atomic E-state index is 12.7.